The zero-order chi connectivity index (χ0) is 14.8. The Kier molecular flexibility index (Phi) is 8.72. The molecule has 1 amide bonds. The van der Waals surface area contributed by atoms with Crippen LogP contribution in [0.2, 0.25) is 0 Å². The van der Waals surface area contributed by atoms with Crippen molar-refractivity contribution in [1.82, 2.24) is 5.32 Å². The first-order valence-corrected chi connectivity index (χ1v) is 8.29. The Balaban J connectivity index is 2.22. The SMILES string of the molecule is O=C(NCCSCCCO)c1ccc(CSC(F)F)o1. The standard InChI is InChI=1S/C12H17F2NO3S2/c13-12(14)20-8-9-2-3-10(18-9)11(17)15-4-7-19-6-1-5-16/h2-3,12,16H,1,4-8H2,(H,15,17). The van der Waals surface area contributed by atoms with Gasteiger partial charge in [0.15, 0.2) is 5.76 Å². The fourth-order valence-corrected chi connectivity index (χ4v) is 2.54. The Morgan fingerprint density at radius 3 is 2.90 bits per heavy atom. The predicted octanol–water partition coefficient (Wildman–Crippen LogP) is 2.58. The normalized spacial score (nSPS) is 11.0. The molecule has 1 rings (SSSR count). The minimum atomic E-state index is -2.45. The van der Waals surface area contributed by atoms with E-state index in [9.17, 15) is 13.6 Å². The molecule has 1 aromatic rings. The third-order valence-electron chi connectivity index (χ3n) is 2.22. The smallest absolute Gasteiger partial charge is 0.287 e. The zero-order valence-corrected chi connectivity index (χ0v) is 12.4. The molecule has 0 aromatic carbocycles. The fourth-order valence-electron chi connectivity index (χ4n) is 1.32. The average Bonchev–Trinajstić information content (AvgIpc) is 2.89. The van der Waals surface area contributed by atoms with Gasteiger partial charge in [0.05, 0.1) is 5.75 Å². The number of amides is 1. The summed E-state index contributed by atoms with van der Waals surface area (Å²) in [6.45, 7) is 0.669. The third kappa shape index (κ3) is 7.16. The molecule has 4 nitrogen and oxygen atoms in total. The Hall–Kier alpha value is -0.730. The van der Waals surface area contributed by atoms with E-state index in [-0.39, 0.29) is 24.0 Å². The quantitative estimate of drug-likeness (QED) is 0.648. The van der Waals surface area contributed by atoms with Crippen molar-refractivity contribution in [3.05, 3.63) is 23.7 Å². The number of aliphatic hydroxyl groups excluding tert-OH is 1. The molecule has 0 atom stereocenters. The molecule has 1 aromatic heterocycles. The van der Waals surface area contributed by atoms with E-state index in [0.717, 1.165) is 17.9 Å². The lowest BCUT2D eigenvalue weighted by molar-refractivity contribution is 0.0927. The topological polar surface area (TPSA) is 62.5 Å². The molecule has 20 heavy (non-hydrogen) atoms. The first-order chi connectivity index (χ1) is 9.63. The molecule has 0 saturated carbocycles. The van der Waals surface area contributed by atoms with E-state index < -0.39 is 5.76 Å². The Labute approximate surface area is 124 Å². The van der Waals surface area contributed by atoms with E-state index in [1.54, 1.807) is 11.8 Å². The lowest BCUT2D eigenvalue weighted by atomic mass is 10.4. The van der Waals surface area contributed by atoms with Crippen molar-refractivity contribution >= 4 is 29.4 Å². The molecule has 0 spiro atoms. The Morgan fingerprint density at radius 1 is 1.40 bits per heavy atom. The highest BCUT2D eigenvalue weighted by Gasteiger charge is 2.12. The molecule has 8 heteroatoms. The number of nitrogens with one attached hydrogen (secondary N) is 1. The maximum Gasteiger partial charge on any atom is 0.287 e. The molecule has 0 radical (unpaired) electrons. The molecular weight excluding hydrogens is 308 g/mol. The second kappa shape index (κ2) is 10.1. The van der Waals surface area contributed by atoms with Crippen molar-refractivity contribution in [2.75, 3.05) is 24.7 Å². The predicted molar refractivity (Wildman–Crippen MR) is 77.4 cm³/mol. The van der Waals surface area contributed by atoms with Gasteiger partial charge in [-0.3, -0.25) is 4.79 Å². The number of alkyl halides is 2. The number of carbonyl (C=O) groups excluding carboxylic acids is 1. The van der Waals surface area contributed by atoms with E-state index >= 15 is 0 Å². The number of hydrogen-bond donors (Lipinski definition) is 2. The van der Waals surface area contributed by atoms with Gasteiger partial charge in [0.2, 0.25) is 0 Å². The van der Waals surface area contributed by atoms with Gasteiger partial charge in [-0.05, 0) is 24.3 Å². The summed E-state index contributed by atoms with van der Waals surface area (Å²) >= 11 is 2.10. The van der Waals surface area contributed by atoms with Crippen LogP contribution in [0.15, 0.2) is 16.5 Å². The van der Waals surface area contributed by atoms with E-state index in [2.05, 4.69) is 5.32 Å². The molecular formula is C12H17F2NO3S2. The molecule has 2 N–H and O–H groups in total. The minimum Gasteiger partial charge on any atom is -0.455 e. The van der Waals surface area contributed by atoms with Crippen LogP contribution in [0.4, 0.5) is 8.78 Å². The van der Waals surface area contributed by atoms with Crippen molar-refractivity contribution in [1.29, 1.82) is 0 Å². The van der Waals surface area contributed by atoms with Gasteiger partial charge in [-0.25, -0.2) is 0 Å². The zero-order valence-electron chi connectivity index (χ0n) is 10.8. The van der Waals surface area contributed by atoms with E-state index in [1.807, 2.05) is 0 Å². The first-order valence-electron chi connectivity index (χ1n) is 6.08. The van der Waals surface area contributed by atoms with Crippen molar-refractivity contribution in [2.45, 2.75) is 17.9 Å². The van der Waals surface area contributed by atoms with Crippen LogP contribution in [-0.2, 0) is 5.75 Å². The summed E-state index contributed by atoms with van der Waals surface area (Å²) in [5, 5.41) is 11.3. The van der Waals surface area contributed by atoms with E-state index in [4.69, 9.17) is 9.52 Å². The first kappa shape index (κ1) is 17.3. The van der Waals surface area contributed by atoms with Gasteiger partial charge in [0.1, 0.15) is 5.76 Å². The highest BCUT2D eigenvalue weighted by Crippen LogP contribution is 2.21. The van der Waals surface area contributed by atoms with Crippen LogP contribution >= 0.6 is 23.5 Å². The largest absolute Gasteiger partial charge is 0.455 e. The van der Waals surface area contributed by atoms with Crippen LogP contribution in [0.25, 0.3) is 0 Å². The van der Waals surface area contributed by atoms with Crippen molar-refractivity contribution < 1.29 is 23.1 Å². The lowest BCUT2D eigenvalue weighted by Gasteiger charge is -2.03. The van der Waals surface area contributed by atoms with Crippen LogP contribution in [-0.4, -0.2) is 41.4 Å². The van der Waals surface area contributed by atoms with Crippen LogP contribution < -0.4 is 5.32 Å². The molecule has 1 heterocycles. The minimum absolute atomic E-state index is 0.0436. The van der Waals surface area contributed by atoms with Gasteiger partial charge >= 0.3 is 0 Å². The number of halogens is 2. The molecule has 0 unspecified atom stereocenters. The Bertz CT molecular complexity index is 402. The number of carbonyl (C=O) groups is 1. The Morgan fingerprint density at radius 2 is 2.20 bits per heavy atom. The number of hydrogen-bond acceptors (Lipinski definition) is 5. The van der Waals surface area contributed by atoms with E-state index in [1.165, 1.54) is 12.1 Å². The van der Waals surface area contributed by atoms with Crippen molar-refractivity contribution in [2.24, 2.45) is 0 Å². The van der Waals surface area contributed by atoms with Crippen LogP contribution in [0.5, 0.6) is 0 Å². The van der Waals surface area contributed by atoms with Crippen molar-refractivity contribution in [3.63, 3.8) is 0 Å². The van der Waals surface area contributed by atoms with Gasteiger partial charge in [-0.15, -0.1) is 0 Å². The van der Waals surface area contributed by atoms with Crippen LogP contribution in [0, 0.1) is 0 Å². The second-order valence-electron chi connectivity index (χ2n) is 3.78. The van der Waals surface area contributed by atoms with Gasteiger partial charge in [-0.1, -0.05) is 11.8 Å². The maximum absolute atomic E-state index is 12.0. The summed E-state index contributed by atoms with van der Waals surface area (Å²) in [6, 6.07) is 3.01. The highest BCUT2D eigenvalue weighted by atomic mass is 32.2. The monoisotopic (exact) mass is 325 g/mol. The number of aliphatic hydroxyl groups is 1. The molecule has 0 saturated heterocycles. The highest BCUT2D eigenvalue weighted by molar-refractivity contribution is 7.99. The summed E-state index contributed by atoms with van der Waals surface area (Å²) in [5.74, 6) is -0.660. The number of thioether (sulfide) groups is 2. The molecule has 0 bridgehead atoms. The fraction of sp³-hybridized carbons (Fsp3) is 0.583. The summed E-state index contributed by atoms with van der Waals surface area (Å²) in [6.07, 6.45) is 0.738. The third-order valence-corrected chi connectivity index (χ3v) is 3.99. The number of furan rings is 1. The molecule has 0 aliphatic rings. The molecule has 0 aliphatic carbocycles. The second-order valence-corrected chi connectivity index (χ2v) is 5.99. The van der Waals surface area contributed by atoms with Crippen molar-refractivity contribution in [3.8, 4) is 0 Å². The van der Waals surface area contributed by atoms with Crippen LogP contribution in [0.1, 0.15) is 22.7 Å². The summed E-state index contributed by atoms with van der Waals surface area (Å²) in [7, 11) is 0. The lowest BCUT2D eigenvalue weighted by Crippen LogP contribution is -2.25. The maximum atomic E-state index is 12.0. The molecule has 114 valence electrons. The summed E-state index contributed by atoms with van der Waals surface area (Å²) < 4.78 is 29.2. The number of rotatable bonds is 10. The summed E-state index contributed by atoms with van der Waals surface area (Å²) in [4.78, 5) is 11.7. The van der Waals surface area contributed by atoms with Gasteiger partial charge < -0.3 is 14.8 Å². The van der Waals surface area contributed by atoms with Gasteiger partial charge in [0.25, 0.3) is 11.7 Å². The van der Waals surface area contributed by atoms with Gasteiger partial charge in [-0.2, -0.15) is 20.5 Å². The van der Waals surface area contributed by atoms with Gasteiger partial charge in [0, 0.05) is 18.9 Å². The van der Waals surface area contributed by atoms with Crippen LogP contribution in [0.3, 0.4) is 0 Å². The summed E-state index contributed by atoms with van der Waals surface area (Å²) in [5.41, 5.74) is 0. The van der Waals surface area contributed by atoms with E-state index in [0.29, 0.717) is 24.1 Å². The average molecular weight is 325 g/mol. The molecule has 0 aliphatic heterocycles. The molecule has 0 fully saturated rings.